The van der Waals surface area contributed by atoms with E-state index in [0.29, 0.717) is 12.0 Å². The number of pyridine rings is 1. The molecule has 1 aromatic carbocycles. The predicted octanol–water partition coefficient (Wildman–Crippen LogP) is 3.93. The first-order valence-electron chi connectivity index (χ1n) is 6.80. The Bertz CT molecular complexity index is 500. The van der Waals surface area contributed by atoms with Crippen molar-refractivity contribution in [2.45, 2.75) is 33.2 Å². The molecule has 0 aliphatic carbocycles. The zero-order valence-electron chi connectivity index (χ0n) is 11.5. The maximum Gasteiger partial charge on any atom is 0.0350 e. The van der Waals surface area contributed by atoms with Gasteiger partial charge in [0, 0.05) is 23.8 Å². The van der Waals surface area contributed by atoms with Crippen molar-refractivity contribution in [1.29, 1.82) is 0 Å². The molecule has 1 N–H and O–H groups in total. The lowest BCUT2D eigenvalue weighted by molar-refractivity contribution is 0.415. The van der Waals surface area contributed by atoms with E-state index < -0.39 is 0 Å². The Kier molecular flexibility index (Phi) is 4.32. The van der Waals surface area contributed by atoms with Crippen molar-refractivity contribution in [1.82, 2.24) is 10.3 Å². The van der Waals surface area contributed by atoms with Gasteiger partial charge in [-0.2, -0.15) is 0 Å². The van der Waals surface area contributed by atoms with Crippen LogP contribution in [0, 0.1) is 5.92 Å². The normalized spacial score (nSPS) is 13.1. The van der Waals surface area contributed by atoms with Gasteiger partial charge in [-0.25, -0.2) is 0 Å². The lowest BCUT2D eigenvalue weighted by Gasteiger charge is -2.24. The van der Waals surface area contributed by atoms with Crippen LogP contribution in [0.25, 0.3) is 10.8 Å². The van der Waals surface area contributed by atoms with E-state index in [-0.39, 0.29) is 0 Å². The maximum atomic E-state index is 4.27. The van der Waals surface area contributed by atoms with E-state index in [2.05, 4.69) is 55.3 Å². The Labute approximate surface area is 109 Å². The molecule has 2 nitrogen and oxygen atoms in total. The lowest BCUT2D eigenvalue weighted by atomic mass is 9.92. The molecule has 1 aromatic heterocycles. The van der Waals surface area contributed by atoms with Crippen molar-refractivity contribution in [2.75, 3.05) is 6.54 Å². The molecule has 0 amide bonds. The van der Waals surface area contributed by atoms with Gasteiger partial charge in [0.05, 0.1) is 0 Å². The Morgan fingerprint density at radius 2 is 2.06 bits per heavy atom. The summed E-state index contributed by atoms with van der Waals surface area (Å²) in [5.41, 5.74) is 1.36. The first-order chi connectivity index (χ1) is 8.74. The van der Waals surface area contributed by atoms with Crippen molar-refractivity contribution >= 4 is 10.8 Å². The van der Waals surface area contributed by atoms with Crippen LogP contribution in [0.2, 0.25) is 0 Å². The first kappa shape index (κ1) is 13.0. The van der Waals surface area contributed by atoms with Crippen molar-refractivity contribution < 1.29 is 0 Å². The average Bonchev–Trinajstić information content (AvgIpc) is 2.39. The summed E-state index contributed by atoms with van der Waals surface area (Å²) in [5.74, 6) is 0.572. The molecule has 1 heterocycles. The first-order valence-corrected chi connectivity index (χ1v) is 6.80. The van der Waals surface area contributed by atoms with Crippen molar-refractivity contribution in [3.63, 3.8) is 0 Å². The van der Waals surface area contributed by atoms with Crippen LogP contribution < -0.4 is 5.32 Å². The van der Waals surface area contributed by atoms with Gasteiger partial charge >= 0.3 is 0 Å². The number of hydrogen-bond donors (Lipinski definition) is 1. The lowest BCUT2D eigenvalue weighted by Crippen LogP contribution is -2.26. The summed E-state index contributed by atoms with van der Waals surface area (Å²) >= 11 is 0. The van der Waals surface area contributed by atoms with E-state index in [0.717, 1.165) is 13.0 Å². The minimum absolute atomic E-state index is 0.401. The third-order valence-electron chi connectivity index (χ3n) is 3.33. The molecule has 0 aliphatic heterocycles. The van der Waals surface area contributed by atoms with Crippen LogP contribution in [0.1, 0.15) is 38.8 Å². The highest BCUT2D eigenvalue weighted by molar-refractivity contribution is 5.85. The Morgan fingerprint density at radius 3 is 2.78 bits per heavy atom. The van der Waals surface area contributed by atoms with Gasteiger partial charge in [0.1, 0.15) is 0 Å². The molecule has 0 saturated carbocycles. The fourth-order valence-electron chi connectivity index (χ4n) is 2.41. The average molecular weight is 242 g/mol. The molecule has 2 heteroatoms. The summed E-state index contributed by atoms with van der Waals surface area (Å²) in [6.45, 7) is 7.79. The summed E-state index contributed by atoms with van der Waals surface area (Å²) in [7, 11) is 0. The molecule has 0 bridgehead atoms. The molecule has 0 aliphatic rings. The minimum Gasteiger partial charge on any atom is -0.310 e. The van der Waals surface area contributed by atoms with E-state index in [1.165, 1.54) is 16.3 Å². The highest BCUT2D eigenvalue weighted by Gasteiger charge is 2.16. The van der Waals surface area contributed by atoms with Crippen LogP contribution in [0.15, 0.2) is 36.7 Å². The molecular formula is C16H22N2. The minimum atomic E-state index is 0.401. The summed E-state index contributed by atoms with van der Waals surface area (Å²) in [6, 6.07) is 8.99. The highest BCUT2D eigenvalue weighted by Crippen LogP contribution is 2.28. The van der Waals surface area contributed by atoms with Crippen LogP contribution in [-0.4, -0.2) is 11.5 Å². The summed E-state index contributed by atoms with van der Waals surface area (Å²) in [5, 5.41) is 6.19. The monoisotopic (exact) mass is 242 g/mol. The molecule has 96 valence electrons. The number of nitrogens with zero attached hydrogens (tertiary/aromatic N) is 1. The predicted molar refractivity (Wildman–Crippen MR) is 77.6 cm³/mol. The second-order valence-corrected chi connectivity index (χ2v) is 5.12. The fraction of sp³-hybridized carbons (Fsp3) is 0.438. The summed E-state index contributed by atoms with van der Waals surface area (Å²) in [4.78, 5) is 4.27. The van der Waals surface area contributed by atoms with Gasteiger partial charge in [0.15, 0.2) is 0 Å². The number of aromatic nitrogens is 1. The van der Waals surface area contributed by atoms with Gasteiger partial charge < -0.3 is 5.32 Å². The Morgan fingerprint density at radius 1 is 1.22 bits per heavy atom. The zero-order chi connectivity index (χ0) is 13.0. The van der Waals surface area contributed by atoms with E-state index in [1.807, 2.05) is 12.4 Å². The van der Waals surface area contributed by atoms with Crippen LogP contribution in [-0.2, 0) is 0 Å². The molecular weight excluding hydrogens is 220 g/mol. The topological polar surface area (TPSA) is 24.9 Å². The fourth-order valence-corrected chi connectivity index (χ4v) is 2.41. The smallest absolute Gasteiger partial charge is 0.0350 e. The third-order valence-corrected chi connectivity index (χ3v) is 3.33. The number of hydrogen-bond acceptors (Lipinski definition) is 2. The molecule has 1 atom stereocenters. The van der Waals surface area contributed by atoms with Gasteiger partial charge in [-0.05, 0) is 35.9 Å². The molecule has 0 fully saturated rings. The molecule has 0 radical (unpaired) electrons. The van der Waals surface area contributed by atoms with Gasteiger partial charge in [-0.15, -0.1) is 0 Å². The maximum absolute atomic E-state index is 4.27. The summed E-state index contributed by atoms with van der Waals surface area (Å²) in [6.07, 6.45) is 5.00. The van der Waals surface area contributed by atoms with E-state index in [9.17, 15) is 0 Å². The standard InChI is InChI=1S/C16H22N2/c1-4-9-18-16(12(2)3)14-7-5-6-13-8-10-17-11-15(13)14/h5-8,10-12,16,18H,4,9H2,1-3H3. The van der Waals surface area contributed by atoms with Crippen LogP contribution in [0.4, 0.5) is 0 Å². The van der Waals surface area contributed by atoms with E-state index in [4.69, 9.17) is 0 Å². The van der Waals surface area contributed by atoms with Gasteiger partial charge in [-0.3, -0.25) is 4.98 Å². The highest BCUT2D eigenvalue weighted by atomic mass is 14.9. The largest absolute Gasteiger partial charge is 0.310 e. The molecule has 2 aromatic rings. The molecule has 0 spiro atoms. The summed E-state index contributed by atoms with van der Waals surface area (Å²) < 4.78 is 0. The van der Waals surface area contributed by atoms with Gasteiger partial charge in [0.25, 0.3) is 0 Å². The van der Waals surface area contributed by atoms with Crippen molar-refractivity contribution in [3.8, 4) is 0 Å². The number of fused-ring (bicyclic) bond motifs is 1. The molecule has 18 heavy (non-hydrogen) atoms. The van der Waals surface area contributed by atoms with E-state index >= 15 is 0 Å². The Hall–Kier alpha value is -1.41. The van der Waals surface area contributed by atoms with Crippen LogP contribution in [0.3, 0.4) is 0 Å². The van der Waals surface area contributed by atoms with Crippen LogP contribution in [0.5, 0.6) is 0 Å². The zero-order valence-corrected chi connectivity index (χ0v) is 11.5. The SMILES string of the molecule is CCCNC(c1cccc2ccncc12)C(C)C. The third kappa shape index (κ3) is 2.70. The van der Waals surface area contributed by atoms with Crippen molar-refractivity contribution in [3.05, 3.63) is 42.2 Å². The second kappa shape index (κ2) is 5.96. The number of rotatable bonds is 5. The molecule has 1 unspecified atom stereocenters. The van der Waals surface area contributed by atoms with Crippen molar-refractivity contribution in [2.24, 2.45) is 5.92 Å². The second-order valence-electron chi connectivity index (χ2n) is 5.12. The Balaban J connectivity index is 2.43. The van der Waals surface area contributed by atoms with E-state index in [1.54, 1.807) is 0 Å². The number of nitrogens with one attached hydrogen (secondary N) is 1. The molecule has 2 rings (SSSR count). The van der Waals surface area contributed by atoms with Gasteiger partial charge in [-0.1, -0.05) is 39.0 Å². The van der Waals surface area contributed by atoms with Crippen LogP contribution >= 0.6 is 0 Å². The number of benzene rings is 1. The quantitative estimate of drug-likeness (QED) is 0.859. The molecule has 0 saturated heterocycles. The van der Waals surface area contributed by atoms with Gasteiger partial charge in [0.2, 0.25) is 0 Å².